The molecule has 176 valence electrons. The Morgan fingerprint density at radius 1 is 1.06 bits per heavy atom. The van der Waals surface area contributed by atoms with Crippen molar-refractivity contribution in [2.45, 2.75) is 46.1 Å². The molecule has 1 unspecified atom stereocenters. The number of aliphatic hydroxyl groups excluding tert-OH is 1. The fraction of sp³-hybridized carbons (Fsp3) is 0.407. The number of likely N-dealkylation sites (tertiary alicyclic amines) is 1. The van der Waals surface area contributed by atoms with Crippen LogP contribution in [-0.2, 0) is 20.7 Å². The van der Waals surface area contributed by atoms with Crippen molar-refractivity contribution in [2.24, 2.45) is 0 Å². The Morgan fingerprint density at radius 2 is 1.79 bits per heavy atom. The van der Waals surface area contributed by atoms with Gasteiger partial charge in [-0.15, -0.1) is 0 Å². The van der Waals surface area contributed by atoms with E-state index in [1.54, 1.807) is 25.3 Å². The first-order valence-electron chi connectivity index (χ1n) is 11.5. The molecule has 3 rings (SSSR count). The highest BCUT2D eigenvalue weighted by Gasteiger charge is 2.45. The maximum atomic E-state index is 13.1. The van der Waals surface area contributed by atoms with Gasteiger partial charge in [0.15, 0.2) is 0 Å². The Bertz CT molecular complexity index is 1030. The van der Waals surface area contributed by atoms with E-state index in [-0.39, 0.29) is 17.9 Å². The Labute approximate surface area is 195 Å². The number of carbonyl (C=O) groups excluding carboxylic acids is 2. The highest BCUT2D eigenvalue weighted by molar-refractivity contribution is 6.46. The van der Waals surface area contributed by atoms with E-state index in [2.05, 4.69) is 13.8 Å². The average molecular weight is 452 g/mol. The predicted octanol–water partition coefficient (Wildman–Crippen LogP) is 4.80. The van der Waals surface area contributed by atoms with E-state index in [1.165, 1.54) is 4.90 Å². The molecule has 1 saturated heterocycles. The average Bonchev–Trinajstić information content (AvgIpc) is 3.08. The lowest BCUT2D eigenvalue weighted by atomic mass is 9.94. The van der Waals surface area contributed by atoms with E-state index in [9.17, 15) is 14.7 Å². The van der Waals surface area contributed by atoms with Crippen LogP contribution in [0.4, 0.5) is 0 Å². The number of rotatable bonds is 10. The van der Waals surface area contributed by atoms with Gasteiger partial charge in [0.25, 0.3) is 11.7 Å². The molecule has 6 nitrogen and oxygen atoms in total. The number of ether oxygens (including phenoxy) is 2. The number of nitrogens with zero attached hydrogens (tertiary/aromatic N) is 1. The summed E-state index contributed by atoms with van der Waals surface area (Å²) in [6.07, 6.45) is 2.89. The fourth-order valence-corrected chi connectivity index (χ4v) is 4.02. The zero-order valence-corrected chi connectivity index (χ0v) is 19.9. The molecule has 1 amide bonds. The van der Waals surface area contributed by atoms with Crippen molar-refractivity contribution >= 4 is 17.4 Å². The highest BCUT2D eigenvalue weighted by Crippen LogP contribution is 2.39. The van der Waals surface area contributed by atoms with E-state index in [0.29, 0.717) is 18.8 Å². The van der Waals surface area contributed by atoms with E-state index in [1.807, 2.05) is 31.2 Å². The van der Waals surface area contributed by atoms with Crippen LogP contribution in [0, 0.1) is 6.92 Å². The number of unbranched alkanes of at least 4 members (excludes halogenated alkanes) is 1. The van der Waals surface area contributed by atoms with Gasteiger partial charge in [-0.3, -0.25) is 9.59 Å². The van der Waals surface area contributed by atoms with Crippen LogP contribution in [0.5, 0.6) is 5.75 Å². The van der Waals surface area contributed by atoms with Crippen LogP contribution in [0.15, 0.2) is 48.0 Å². The van der Waals surface area contributed by atoms with E-state index < -0.39 is 17.7 Å². The topological polar surface area (TPSA) is 76.1 Å². The van der Waals surface area contributed by atoms with Crippen molar-refractivity contribution in [3.8, 4) is 5.75 Å². The molecule has 1 aliphatic heterocycles. The molecule has 2 aromatic carbocycles. The van der Waals surface area contributed by atoms with Crippen LogP contribution in [0.2, 0.25) is 0 Å². The summed E-state index contributed by atoms with van der Waals surface area (Å²) in [7, 11) is 1.55. The molecule has 1 N–H and O–H groups in total. The zero-order chi connectivity index (χ0) is 24.0. The summed E-state index contributed by atoms with van der Waals surface area (Å²) in [6.45, 7) is 7.24. The van der Waals surface area contributed by atoms with E-state index in [0.717, 1.165) is 41.7 Å². The van der Waals surface area contributed by atoms with Gasteiger partial charge in [0, 0.05) is 19.2 Å². The number of hydrogen-bond acceptors (Lipinski definition) is 5. The summed E-state index contributed by atoms with van der Waals surface area (Å²) in [5.41, 5.74) is 3.37. The van der Waals surface area contributed by atoms with Gasteiger partial charge in [0.05, 0.1) is 24.8 Å². The quantitative estimate of drug-likeness (QED) is 0.243. The number of Topliss-reactive ketones (excluding diaryl/α,β-unsaturated/α-hetero) is 1. The van der Waals surface area contributed by atoms with Crippen LogP contribution in [-0.4, -0.2) is 48.6 Å². The molecule has 1 fully saturated rings. The molecule has 0 saturated carbocycles. The molecule has 0 spiro atoms. The Balaban J connectivity index is 2.04. The molecule has 0 radical (unpaired) electrons. The molecule has 1 heterocycles. The predicted molar refractivity (Wildman–Crippen MR) is 128 cm³/mol. The molecule has 33 heavy (non-hydrogen) atoms. The van der Waals surface area contributed by atoms with Crippen molar-refractivity contribution in [2.75, 3.05) is 26.9 Å². The lowest BCUT2D eigenvalue weighted by Gasteiger charge is -2.25. The first-order valence-corrected chi connectivity index (χ1v) is 11.5. The fourth-order valence-electron chi connectivity index (χ4n) is 4.02. The van der Waals surface area contributed by atoms with Crippen molar-refractivity contribution < 1.29 is 24.2 Å². The van der Waals surface area contributed by atoms with Crippen molar-refractivity contribution in [1.29, 1.82) is 0 Å². The normalized spacial score (nSPS) is 17.6. The number of methoxy groups -OCH3 is 1. The van der Waals surface area contributed by atoms with Crippen molar-refractivity contribution in [3.63, 3.8) is 0 Å². The minimum absolute atomic E-state index is 0.0967. The minimum atomic E-state index is -0.686. The lowest BCUT2D eigenvalue weighted by molar-refractivity contribution is -0.140. The second-order valence-corrected chi connectivity index (χ2v) is 8.26. The lowest BCUT2D eigenvalue weighted by Crippen LogP contribution is -2.32. The van der Waals surface area contributed by atoms with Crippen LogP contribution >= 0.6 is 0 Å². The van der Waals surface area contributed by atoms with Crippen LogP contribution in [0.3, 0.4) is 0 Å². The smallest absolute Gasteiger partial charge is 0.295 e. The molecule has 0 aliphatic carbocycles. The Hall–Kier alpha value is -3.12. The van der Waals surface area contributed by atoms with Crippen LogP contribution in [0.25, 0.3) is 5.76 Å². The summed E-state index contributed by atoms with van der Waals surface area (Å²) >= 11 is 0. The van der Waals surface area contributed by atoms with Gasteiger partial charge in [-0.05, 0) is 54.7 Å². The third-order valence-corrected chi connectivity index (χ3v) is 5.98. The molecule has 0 bridgehead atoms. The summed E-state index contributed by atoms with van der Waals surface area (Å²) in [4.78, 5) is 27.4. The number of aryl methyl sites for hydroxylation is 2. The minimum Gasteiger partial charge on any atom is -0.507 e. The number of hydrogen-bond donors (Lipinski definition) is 1. The number of carbonyl (C=O) groups is 2. The van der Waals surface area contributed by atoms with E-state index in [4.69, 9.17) is 9.47 Å². The number of benzene rings is 2. The maximum absolute atomic E-state index is 13.1. The van der Waals surface area contributed by atoms with Gasteiger partial charge in [0.1, 0.15) is 11.5 Å². The van der Waals surface area contributed by atoms with Crippen LogP contribution < -0.4 is 4.74 Å². The Morgan fingerprint density at radius 3 is 2.39 bits per heavy atom. The molecular formula is C27H33NO5. The van der Waals surface area contributed by atoms with Gasteiger partial charge < -0.3 is 19.5 Å². The second-order valence-electron chi connectivity index (χ2n) is 8.26. The zero-order valence-electron chi connectivity index (χ0n) is 19.9. The summed E-state index contributed by atoms with van der Waals surface area (Å²) in [6, 6.07) is 12.4. The number of ketones is 1. The molecule has 1 atom stereocenters. The largest absolute Gasteiger partial charge is 0.507 e. The third kappa shape index (κ3) is 5.28. The first kappa shape index (κ1) is 24.5. The van der Waals surface area contributed by atoms with Gasteiger partial charge in [-0.25, -0.2) is 0 Å². The van der Waals surface area contributed by atoms with Crippen molar-refractivity contribution in [3.05, 3.63) is 70.3 Å². The van der Waals surface area contributed by atoms with Crippen molar-refractivity contribution in [1.82, 2.24) is 4.90 Å². The van der Waals surface area contributed by atoms with Crippen LogP contribution in [0.1, 0.15) is 55.0 Å². The monoisotopic (exact) mass is 451 g/mol. The van der Waals surface area contributed by atoms with Gasteiger partial charge in [0.2, 0.25) is 0 Å². The third-order valence-electron chi connectivity index (χ3n) is 5.98. The molecule has 0 aromatic heterocycles. The summed E-state index contributed by atoms with van der Waals surface area (Å²) in [5, 5.41) is 11.2. The van der Waals surface area contributed by atoms with Gasteiger partial charge in [-0.2, -0.15) is 0 Å². The SMILES string of the molecule is CCCCOc1ccc(C(O)=C2C(=O)C(=O)N(CCOC)C2c2ccc(CC)cc2)cc1C. The highest BCUT2D eigenvalue weighted by atomic mass is 16.5. The van der Waals surface area contributed by atoms with Gasteiger partial charge in [-0.1, -0.05) is 44.5 Å². The first-order chi connectivity index (χ1) is 15.9. The summed E-state index contributed by atoms with van der Waals surface area (Å²) < 4.78 is 11.0. The molecule has 1 aliphatic rings. The Kier molecular flexibility index (Phi) is 8.28. The molecule has 6 heteroatoms. The number of aliphatic hydroxyl groups is 1. The molecule has 2 aromatic rings. The standard InChI is InChI=1S/C27H33NO5/c1-5-7-15-33-22-13-12-21(17-18(22)3)25(29)23-24(20-10-8-19(6-2)9-11-20)28(14-16-32-4)27(31)26(23)30/h8-13,17,24,29H,5-7,14-16H2,1-4H3. The second kappa shape index (κ2) is 11.1. The van der Waals surface area contributed by atoms with Gasteiger partial charge >= 0.3 is 0 Å². The van der Waals surface area contributed by atoms with E-state index >= 15 is 0 Å². The molecular weight excluding hydrogens is 418 g/mol. The maximum Gasteiger partial charge on any atom is 0.295 e. The number of amides is 1. The summed E-state index contributed by atoms with van der Waals surface area (Å²) in [5.74, 6) is -0.753.